The maximum atomic E-state index is 12.7. The summed E-state index contributed by atoms with van der Waals surface area (Å²) in [6.45, 7) is 4.43. The molecule has 0 amide bonds. The summed E-state index contributed by atoms with van der Waals surface area (Å²) in [6, 6.07) is 0. The van der Waals surface area contributed by atoms with Gasteiger partial charge in [0.1, 0.15) is 19.8 Å². The molecule has 0 aliphatic carbocycles. The molecule has 0 aliphatic heterocycles. The topological polar surface area (TPSA) is 108 Å². The van der Waals surface area contributed by atoms with Gasteiger partial charge in [-0.25, -0.2) is 4.57 Å². The first-order valence-corrected chi connectivity index (χ1v) is 23.9. The summed E-state index contributed by atoms with van der Waals surface area (Å²) in [5.74, 6) is -0.794. The lowest BCUT2D eigenvalue weighted by atomic mass is 10.0. The summed E-state index contributed by atoms with van der Waals surface area (Å²) in [5, 5.41) is 0. The van der Waals surface area contributed by atoms with Gasteiger partial charge in [0, 0.05) is 12.8 Å². The lowest BCUT2D eigenvalue weighted by Gasteiger charge is -2.24. The molecule has 9 nitrogen and oxygen atoms in total. The molecule has 0 bridgehead atoms. The van der Waals surface area contributed by atoms with Gasteiger partial charge in [-0.05, 0) is 38.5 Å². The van der Waals surface area contributed by atoms with E-state index in [1.54, 1.807) is 0 Å². The fourth-order valence-corrected chi connectivity index (χ4v) is 6.99. The van der Waals surface area contributed by atoms with E-state index < -0.39 is 26.5 Å². The molecule has 0 aromatic carbocycles. The van der Waals surface area contributed by atoms with E-state index in [0.29, 0.717) is 23.9 Å². The van der Waals surface area contributed by atoms with Gasteiger partial charge >= 0.3 is 19.8 Å². The Morgan fingerprint density at radius 2 is 0.944 bits per heavy atom. The second kappa shape index (κ2) is 37.3. The third-order valence-corrected chi connectivity index (χ3v) is 10.8. The van der Waals surface area contributed by atoms with Gasteiger partial charge in [0.2, 0.25) is 0 Å². The van der Waals surface area contributed by atoms with E-state index in [4.69, 9.17) is 18.5 Å². The lowest BCUT2D eigenvalue weighted by molar-refractivity contribution is -0.870. The summed E-state index contributed by atoms with van der Waals surface area (Å²) < 4.78 is 34.3. The first-order valence-electron chi connectivity index (χ1n) is 22.4. The van der Waals surface area contributed by atoms with Crippen molar-refractivity contribution >= 4 is 19.8 Å². The maximum Gasteiger partial charge on any atom is 0.472 e. The molecule has 0 heterocycles. The zero-order chi connectivity index (χ0) is 40.0. The molecule has 0 aliphatic rings. The van der Waals surface area contributed by atoms with E-state index in [1.165, 1.54) is 128 Å². The van der Waals surface area contributed by atoms with Gasteiger partial charge in [-0.3, -0.25) is 18.6 Å². The van der Waals surface area contributed by atoms with Gasteiger partial charge in [0.25, 0.3) is 0 Å². The standard InChI is InChI=1S/C44H86NO8P/c1-6-8-10-12-14-16-18-20-21-22-23-25-27-29-31-33-35-37-44(47)53-42(41-52-54(48,49)51-39-38-45(3,4)5)40-50-43(46)36-34-32-30-28-26-24-19-17-15-13-11-9-7-2/h20-21,42H,6-19,22-41H2,1-5H3/p+1/b21-20-. The van der Waals surface area contributed by atoms with E-state index >= 15 is 0 Å². The summed E-state index contributed by atoms with van der Waals surface area (Å²) in [4.78, 5) is 35.3. The van der Waals surface area contributed by atoms with Crippen molar-refractivity contribution in [2.75, 3.05) is 47.5 Å². The van der Waals surface area contributed by atoms with Gasteiger partial charge in [-0.1, -0.05) is 167 Å². The van der Waals surface area contributed by atoms with Crippen molar-refractivity contribution in [1.82, 2.24) is 0 Å². The molecule has 54 heavy (non-hydrogen) atoms. The van der Waals surface area contributed by atoms with Gasteiger partial charge in [-0.15, -0.1) is 0 Å². The highest BCUT2D eigenvalue weighted by molar-refractivity contribution is 7.47. The molecule has 1 N–H and O–H groups in total. The average Bonchev–Trinajstić information content (AvgIpc) is 3.12. The van der Waals surface area contributed by atoms with Gasteiger partial charge < -0.3 is 18.9 Å². The zero-order valence-electron chi connectivity index (χ0n) is 36.0. The van der Waals surface area contributed by atoms with Crippen molar-refractivity contribution in [2.24, 2.45) is 0 Å². The maximum absolute atomic E-state index is 12.7. The molecule has 0 radical (unpaired) electrons. The highest BCUT2D eigenvalue weighted by atomic mass is 31.2. The second-order valence-electron chi connectivity index (χ2n) is 16.4. The number of nitrogens with zero attached hydrogens (tertiary/aromatic N) is 1. The Kier molecular flexibility index (Phi) is 36.5. The van der Waals surface area contributed by atoms with Crippen LogP contribution in [0.2, 0.25) is 0 Å². The first kappa shape index (κ1) is 52.8. The molecular weight excluding hydrogens is 701 g/mol. The molecular formula is C44H87NO8P+. The normalized spacial score (nSPS) is 13.7. The zero-order valence-corrected chi connectivity index (χ0v) is 36.9. The highest BCUT2D eigenvalue weighted by Crippen LogP contribution is 2.43. The number of hydrogen-bond donors (Lipinski definition) is 1. The van der Waals surface area contributed by atoms with Crippen LogP contribution in [-0.2, 0) is 32.7 Å². The molecule has 0 aromatic heterocycles. The Morgan fingerprint density at radius 1 is 0.556 bits per heavy atom. The van der Waals surface area contributed by atoms with Crippen LogP contribution in [0.3, 0.4) is 0 Å². The molecule has 2 atom stereocenters. The Balaban J connectivity index is 4.33. The number of phosphoric acid groups is 1. The van der Waals surface area contributed by atoms with Crippen LogP contribution in [0.15, 0.2) is 12.2 Å². The summed E-state index contributed by atoms with van der Waals surface area (Å²) in [6.07, 6.45) is 38.2. The van der Waals surface area contributed by atoms with E-state index in [0.717, 1.165) is 44.9 Å². The SMILES string of the molecule is CCCCCCCC/C=C\CCCCCCCCCC(=O)OC(COC(=O)CCCCCCCCCCCCCCC)COP(=O)(O)OCC[N+](C)(C)C. The predicted octanol–water partition coefficient (Wildman–Crippen LogP) is 12.6. The van der Waals surface area contributed by atoms with Crippen LogP contribution in [0.5, 0.6) is 0 Å². The molecule has 0 saturated carbocycles. The molecule has 0 rings (SSSR count). The summed E-state index contributed by atoms with van der Waals surface area (Å²) in [7, 11) is 1.48. The van der Waals surface area contributed by atoms with Crippen LogP contribution < -0.4 is 0 Å². The quantitative estimate of drug-likeness (QED) is 0.0214. The van der Waals surface area contributed by atoms with Crippen molar-refractivity contribution < 1.29 is 42.1 Å². The number of quaternary nitrogens is 1. The van der Waals surface area contributed by atoms with Crippen LogP contribution in [0.4, 0.5) is 0 Å². The Bertz CT molecular complexity index is 938. The van der Waals surface area contributed by atoms with Crippen LogP contribution in [0.1, 0.15) is 206 Å². The van der Waals surface area contributed by atoms with Crippen molar-refractivity contribution in [2.45, 2.75) is 213 Å². The van der Waals surface area contributed by atoms with Crippen LogP contribution in [0.25, 0.3) is 0 Å². The number of phosphoric ester groups is 1. The second-order valence-corrected chi connectivity index (χ2v) is 17.9. The van der Waals surface area contributed by atoms with E-state index in [2.05, 4.69) is 26.0 Å². The van der Waals surface area contributed by atoms with E-state index in [9.17, 15) is 19.0 Å². The monoisotopic (exact) mass is 789 g/mol. The molecule has 320 valence electrons. The van der Waals surface area contributed by atoms with Crippen LogP contribution in [0, 0.1) is 0 Å². The smallest absolute Gasteiger partial charge is 0.462 e. The number of unbranched alkanes of at least 4 members (excludes halogenated alkanes) is 25. The predicted molar refractivity (Wildman–Crippen MR) is 224 cm³/mol. The Morgan fingerprint density at radius 3 is 1.37 bits per heavy atom. The number of allylic oxidation sites excluding steroid dienone is 2. The van der Waals surface area contributed by atoms with Crippen LogP contribution >= 0.6 is 7.82 Å². The van der Waals surface area contributed by atoms with Crippen molar-refractivity contribution in [3.63, 3.8) is 0 Å². The minimum absolute atomic E-state index is 0.0339. The Labute approximate surface area is 333 Å². The van der Waals surface area contributed by atoms with Gasteiger partial charge in [0.15, 0.2) is 6.10 Å². The number of ether oxygens (including phenoxy) is 2. The van der Waals surface area contributed by atoms with Gasteiger partial charge in [-0.2, -0.15) is 0 Å². The molecule has 2 unspecified atom stereocenters. The molecule has 0 fully saturated rings. The number of likely N-dealkylation sites (N-methyl/N-ethyl adjacent to an activating group) is 1. The minimum Gasteiger partial charge on any atom is -0.462 e. The van der Waals surface area contributed by atoms with Crippen molar-refractivity contribution in [3.05, 3.63) is 12.2 Å². The van der Waals surface area contributed by atoms with Crippen molar-refractivity contribution in [1.29, 1.82) is 0 Å². The average molecular weight is 789 g/mol. The molecule has 0 spiro atoms. The number of rotatable bonds is 41. The molecule has 0 saturated heterocycles. The number of carbonyl (C=O) groups is 2. The summed E-state index contributed by atoms with van der Waals surface area (Å²) in [5.41, 5.74) is 0. The van der Waals surface area contributed by atoms with Gasteiger partial charge in [0.05, 0.1) is 27.7 Å². The molecule has 10 heteroatoms. The molecule has 0 aromatic rings. The number of carbonyl (C=O) groups excluding carboxylic acids is 2. The third kappa shape index (κ3) is 40.4. The lowest BCUT2D eigenvalue weighted by Crippen LogP contribution is -2.37. The fraction of sp³-hybridized carbons (Fsp3) is 0.909. The summed E-state index contributed by atoms with van der Waals surface area (Å²) >= 11 is 0. The first-order chi connectivity index (χ1) is 26.0. The number of esters is 2. The van der Waals surface area contributed by atoms with Crippen molar-refractivity contribution in [3.8, 4) is 0 Å². The van der Waals surface area contributed by atoms with Crippen LogP contribution in [-0.4, -0.2) is 74.9 Å². The highest BCUT2D eigenvalue weighted by Gasteiger charge is 2.27. The van der Waals surface area contributed by atoms with E-state index in [1.807, 2.05) is 21.1 Å². The Hall–Kier alpha value is -1.25. The largest absolute Gasteiger partial charge is 0.472 e. The minimum atomic E-state index is -4.37. The fourth-order valence-electron chi connectivity index (χ4n) is 6.24. The van der Waals surface area contributed by atoms with E-state index in [-0.39, 0.29) is 25.6 Å². The number of hydrogen-bond acceptors (Lipinski definition) is 7. The third-order valence-electron chi connectivity index (χ3n) is 9.80.